The van der Waals surface area contributed by atoms with Gasteiger partial charge in [-0.1, -0.05) is 26.7 Å². The number of aliphatic carboxylic acids is 2. The molecule has 4 unspecified atom stereocenters. The highest BCUT2D eigenvalue weighted by molar-refractivity contribution is 5.77. The van der Waals surface area contributed by atoms with E-state index >= 15 is 0 Å². The number of carbonyl (C=O) groups is 2. The van der Waals surface area contributed by atoms with Gasteiger partial charge in [-0.25, -0.2) is 0 Å². The van der Waals surface area contributed by atoms with Gasteiger partial charge in [0.1, 0.15) is 0 Å². The highest BCUT2D eigenvalue weighted by Gasteiger charge is 2.49. The zero-order valence-corrected chi connectivity index (χ0v) is 11.4. The molecule has 6 nitrogen and oxygen atoms in total. The minimum Gasteiger partial charge on any atom is -0.481 e. The van der Waals surface area contributed by atoms with E-state index in [1.165, 1.54) is 0 Å². The summed E-state index contributed by atoms with van der Waals surface area (Å²) in [5.74, 6) is -4.40. The van der Waals surface area contributed by atoms with Crippen molar-refractivity contribution in [1.82, 2.24) is 5.32 Å². The second-order valence-electron chi connectivity index (χ2n) is 5.18. The van der Waals surface area contributed by atoms with Crippen molar-refractivity contribution in [2.75, 3.05) is 0 Å². The Labute approximate surface area is 112 Å². The van der Waals surface area contributed by atoms with Crippen molar-refractivity contribution >= 4 is 11.9 Å². The average molecular weight is 273 g/mol. The normalized spacial score (nSPS) is 35.0. The van der Waals surface area contributed by atoms with Gasteiger partial charge >= 0.3 is 11.9 Å². The van der Waals surface area contributed by atoms with Crippen LogP contribution in [0.25, 0.3) is 0 Å². The molecule has 0 aromatic heterocycles. The lowest BCUT2D eigenvalue weighted by molar-refractivity contribution is -0.162. The van der Waals surface area contributed by atoms with Crippen LogP contribution in [0.3, 0.4) is 0 Å². The van der Waals surface area contributed by atoms with Crippen LogP contribution in [0.4, 0.5) is 0 Å². The molecule has 0 saturated carbocycles. The molecule has 1 aliphatic rings. The lowest BCUT2D eigenvalue weighted by Crippen LogP contribution is -2.63. The van der Waals surface area contributed by atoms with Crippen LogP contribution in [-0.4, -0.2) is 45.4 Å². The van der Waals surface area contributed by atoms with E-state index in [1.54, 1.807) is 0 Å². The van der Waals surface area contributed by atoms with E-state index in [0.29, 0.717) is 12.8 Å². The molecule has 4 atom stereocenters. The third-order valence-electron chi connectivity index (χ3n) is 3.80. The molecular weight excluding hydrogens is 250 g/mol. The number of aliphatic hydroxyl groups excluding tert-OH is 1. The Bertz CT molecular complexity index is 303. The zero-order valence-electron chi connectivity index (χ0n) is 11.4. The van der Waals surface area contributed by atoms with Crippen molar-refractivity contribution in [2.24, 2.45) is 11.8 Å². The van der Waals surface area contributed by atoms with Crippen LogP contribution >= 0.6 is 0 Å². The summed E-state index contributed by atoms with van der Waals surface area (Å²) in [6.45, 7) is 3.87. The average Bonchev–Trinajstić information content (AvgIpc) is 2.28. The van der Waals surface area contributed by atoms with Gasteiger partial charge in [0.2, 0.25) is 0 Å². The van der Waals surface area contributed by atoms with E-state index < -0.39 is 29.9 Å². The molecule has 0 amide bonds. The summed E-state index contributed by atoms with van der Waals surface area (Å²) in [5.41, 5.74) is 0. The van der Waals surface area contributed by atoms with E-state index in [9.17, 15) is 24.9 Å². The predicted octanol–water partition coefficient (Wildman–Crippen LogP) is 0.689. The van der Waals surface area contributed by atoms with Gasteiger partial charge < -0.3 is 20.6 Å². The number of carboxylic acid groups (broad SMARTS) is 2. The van der Waals surface area contributed by atoms with E-state index in [1.807, 2.05) is 13.8 Å². The Balaban J connectivity index is 3.00. The van der Waals surface area contributed by atoms with Gasteiger partial charge in [-0.3, -0.25) is 9.59 Å². The second-order valence-corrected chi connectivity index (χ2v) is 5.18. The van der Waals surface area contributed by atoms with E-state index in [-0.39, 0.29) is 12.1 Å². The van der Waals surface area contributed by atoms with Gasteiger partial charge in [0.05, 0.1) is 17.9 Å². The number of carboxylic acids is 2. The van der Waals surface area contributed by atoms with Crippen LogP contribution in [0.2, 0.25) is 0 Å². The van der Waals surface area contributed by atoms with Gasteiger partial charge in [0, 0.05) is 12.1 Å². The van der Waals surface area contributed by atoms with Crippen LogP contribution in [-0.2, 0) is 9.59 Å². The number of nitrogens with one attached hydrogen (secondary N) is 1. The first-order valence-electron chi connectivity index (χ1n) is 6.83. The van der Waals surface area contributed by atoms with E-state index in [0.717, 1.165) is 12.8 Å². The van der Waals surface area contributed by atoms with Crippen LogP contribution in [0.1, 0.15) is 39.5 Å². The highest BCUT2D eigenvalue weighted by Crippen LogP contribution is 2.30. The smallest absolute Gasteiger partial charge is 0.310 e. The van der Waals surface area contributed by atoms with Crippen LogP contribution in [0, 0.1) is 11.8 Å². The zero-order chi connectivity index (χ0) is 14.6. The quantitative estimate of drug-likeness (QED) is 0.567. The second kappa shape index (κ2) is 6.86. The molecule has 0 aliphatic carbocycles. The first-order chi connectivity index (χ1) is 8.93. The number of aliphatic hydroxyl groups is 1. The van der Waals surface area contributed by atoms with Gasteiger partial charge in [-0.2, -0.15) is 0 Å². The Morgan fingerprint density at radius 2 is 1.32 bits per heavy atom. The summed E-state index contributed by atoms with van der Waals surface area (Å²) < 4.78 is 0. The van der Waals surface area contributed by atoms with Gasteiger partial charge in [-0.15, -0.1) is 0 Å². The minimum absolute atomic E-state index is 0.371. The van der Waals surface area contributed by atoms with E-state index in [4.69, 9.17) is 0 Å². The Hall–Kier alpha value is -1.14. The fourth-order valence-electron chi connectivity index (χ4n) is 2.97. The fraction of sp³-hybridized carbons (Fsp3) is 0.846. The lowest BCUT2D eigenvalue weighted by atomic mass is 9.75. The third kappa shape index (κ3) is 3.45. The Morgan fingerprint density at radius 1 is 0.947 bits per heavy atom. The Morgan fingerprint density at radius 3 is 1.58 bits per heavy atom. The maximum atomic E-state index is 11.3. The van der Waals surface area contributed by atoms with Crippen molar-refractivity contribution in [3.8, 4) is 0 Å². The summed E-state index contributed by atoms with van der Waals surface area (Å²) in [7, 11) is 0. The maximum absolute atomic E-state index is 11.3. The van der Waals surface area contributed by atoms with Crippen molar-refractivity contribution in [1.29, 1.82) is 0 Å². The first kappa shape index (κ1) is 15.9. The SMILES string of the molecule is CCCC1NC(CCC)C(C(=O)O)C(O)C1C(=O)O. The number of hydrogen-bond acceptors (Lipinski definition) is 4. The van der Waals surface area contributed by atoms with Crippen molar-refractivity contribution in [2.45, 2.75) is 57.7 Å². The molecule has 1 aliphatic heterocycles. The molecule has 19 heavy (non-hydrogen) atoms. The molecule has 110 valence electrons. The number of piperidine rings is 1. The molecule has 0 aromatic carbocycles. The molecule has 1 heterocycles. The molecule has 6 heteroatoms. The molecule has 1 rings (SSSR count). The van der Waals surface area contributed by atoms with Crippen molar-refractivity contribution < 1.29 is 24.9 Å². The largest absolute Gasteiger partial charge is 0.481 e. The minimum atomic E-state index is -1.34. The van der Waals surface area contributed by atoms with Crippen LogP contribution in [0.5, 0.6) is 0 Å². The van der Waals surface area contributed by atoms with Crippen LogP contribution in [0.15, 0.2) is 0 Å². The Kier molecular flexibility index (Phi) is 5.75. The maximum Gasteiger partial charge on any atom is 0.310 e. The molecule has 1 saturated heterocycles. The van der Waals surface area contributed by atoms with Gasteiger partial charge in [0.25, 0.3) is 0 Å². The molecular formula is C13H23NO5. The predicted molar refractivity (Wildman–Crippen MR) is 68.8 cm³/mol. The molecule has 0 radical (unpaired) electrons. The molecule has 4 N–H and O–H groups in total. The third-order valence-corrected chi connectivity index (χ3v) is 3.80. The highest BCUT2D eigenvalue weighted by atomic mass is 16.4. The summed E-state index contributed by atoms with van der Waals surface area (Å²) in [5, 5.41) is 31.7. The summed E-state index contributed by atoms with van der Waals surface area (Å²) in [6.07, 6.45) is 1.45. The van der Waals surface area contributed by atoms with Crippen LogP contribution < -0.4 is 5.32 Å². The monoisotopic (exact) mass is 273 g/mol. The lowest BCUT2D eigenvalue weighted by Gasteiger charge is -2.42. The van der Waals surface area contributed by atoms with Gasteiger partial charge in [-0.05, 0) is 12.8 Å². The van der Waals surface area contributed by atoms with E-state index in [2.05, 4.69) is 5.32 Å². The molecule has 1 fully saturated rings. The van der Waals surface area contributed by atoms with Crippen molar-refractivity contribution in [3.63, 3.8) is 0 Å². The first-order valence-corrected chi connectivity index (χ1v) is 6.83. The summed E-state index contributed by atoms with van der Waals surface area (Å²) >= 11 is 0. The summed E-state index contributed by atoms with van der Waals surface area (Å²) in [6, 6.07) is -0.741. The topological polar surface area (TPSA) is 107 Å². The van der Waals surface area contributed by atoms with Gasteiger partial charge in [0.15, 0.2) is 0 Å². The standard InChI is InChI=1S/C13H23NO5/c1-3-5-7-9(12(16)17)11(15)10(13(18)19)8(14-7)6-4-2/h7-11,14-15H,3-6H2,1-2H3,(H,16,17)(H,18,19). The van der Waals surface area contributed by atoms with Crippen molar-refractivity contribution in [3.05, 3.63) is 0 Å². The molecule has 0 aromatic rings. The number of hydrogen-bond donors (Lipinski definition) is 4. The summed E-state index contributed by atoms with van der Waals surface area (Å²) in [4.78, 5) is 22.6. The number of rotatable bonds is 6. The molecule has 0 spiro atoms. The molecule has 0 bridgehead atoms. The fourth-order valence-corrected chi connectivity index (χ4v) is 2.97.